The molecule has 1 N–H and O–H groups in total. The topological polar surface area (TPSA) is 47.6 Å². The van der Waals surface area contributed by atoms with E-state index in [0.29, 0.717) is 22.6 Å². The summed E-state index contributed by atoms with van der Waals surface area (Å²) in [5.74, 6) is 0.385. The van der Waals surface area contributed by atoms with Crippen LogP contribution in [0.2, 0.25) is 0 Å². The minimum Gasteiger partial charge on any atom is -0.469 e. The predicted molar refractivity (Wildman–Crippen MR) is 118 cm³/mol. The summed E-state index contributed by atoms with van der Waals surface area (Å²) in [7, 11) is 1.31. The van der Waals surface area contributed by atoms with Gasteiger partial charge in [-0.2, -0.15) is 13.2 Å². The van der Waals surface area contributed by atoms with Crippen LogP contribution >= 0.6 is 0 Å². The van der Waals surface area contributed by atoms with Gasteiger partial charge in [-0.05, 0) is 59.9 Å². The fourth-order valence-corrected chi connectivity index (χ4v) is 4.04. The smallest absolute Gasteiger partial charge is 0.416 e. The summed E-state index contributed by atoms with van der Waals surface area (Å²) in [4.78, 5) is 11.6. The van der Waals surface area contributed by atoms with E-state index >= 15 is 0 Å². The first kappa shape index (κ1) is 22.9. The first-order chi connectivity index (χ1) is 15.8. The van der Waals surface area contributed by atoms with Crippen LogP contribution in [0.4, 0.5) is 13.2 Å². The van der Waals surface area contributed by atoms with Crippen LogP contribution < -0.4 is 10.1 Å². The molecule has 7 heteroatoms. The van der Waals surface area contributed by atoms with Crippen LogP contribution in [0.15, 0.2) is 66.7 Å². The summed E-state index contributed by atoms with van der Waals surface area (Å²) in [5, 5.41) is 3.39. The van der Waals surface area contributed by atoms with Crippen molar-refractivity contribution in [2.45, 2.75) is 38.0 Å². The third-order valence-electron chi connectivity index (χ3n) is 5.72. The lowest BCUT2D eigenvalue weighted by molar-refractivity contribution is -0.140. The van der Waals surface area contributed by atoms with Crippen molar-refractivity contribution in [3.05, 3.63) is 94.5 Å². The highest BCUT2D eigenvalue weighted by atomic mass is 19.4. The molecule has 1 aliphatic rings. The summed E-state index contributed by atoms with van der Waals surface area (Å²) < 4.78 is 50.7. The molecule has 4 rings (SSSR count). The van der Waals surface area contributed by atoms with Gasteiger partial charge in [0.1, 0.15) is 11.5 Å². The molecule has 0 saturated heterocycles. The maximum Gasteiger partial charge on any atom is 0.416 e. The lowest BCUT2D eigenvalue weighted by Gasteiger charge is -2.17. The van der Waals surface area contributed by atoms with Crippen LogP contribution in [0.1, 0.15) is 27.8 Å². The number of methoxy groups -OCH3 is 1. The number of halogens is 3. The molecule has 4 nitrogen and oxygen atoms in total. The molecule has 0 fully saturated rings. The average molecular weight is 455 g/mol. The normalized spacial score (nSPS) is 13.6. The fourth-order valence-electron chi connectivity index (χ4n) is 4.04. The Balaban J connectivity index is 1.53. The zero-order chi connectivity index (χ0) is 23.4. The van der Waals surface area contributed by atoms with E-state index < -0.39 is 11.7 Å². The van der Waals surface area contributed by atoms with Crippen molar-refractivity contribution in [2.24, 2.45) is 0 Å². The van der Waals surface area contributed by atoms with Crippen molar-refractivity contribution in [1.29, 1.82) is 0 Å². The predicted octanol–water partition coefficient (Wildman–Crippen LogP) is 5.47. The molecule has 3 aromatic carbocycles. The molecule has 1 aliphatic carbocycles. The molecule has 0 unspecified atom stereocenters. The van der Waals surface area contributed by atoms with Crippen molar-refractivity contribution >= 4 is 5.97 Å². The molecule has 0 atom stereocenters. The van der Waals surface area contributed by atoms with Gasteiger partial charge in [0, 0.05) is 18.2 Å². The standard InChI is InChI=1S/C26H24F3NO3/c1-32-25(31)12-17-5-4-8-23(11-17)33-24-10-9-21(26(27,28)29)13-20(24)16-30-22-14-18-6-2-3-7-19(18)15-22/h2-11,13,22,30H,12,14-16H2,1H3. The monoisotopic (exact) mass is 455 g/mol. The minimum atomic E-state index is -4.45. The molecule has 0 aromatic heterocycles. The summed E-state index contributed by atoms with van der Waals surface area (Å²) in [5.41, 5.74) is 2.91. The molecule has 0 radical (unpaired) electrons. The van der Waals surface area contributed by atoms with Gasteiger partial charge in [-0.1, -0.05) is 36.4 Å². The number of fused-ring (bicyclic) bond motifs is 1. The highest BCUT2D eigenvalue weighted by Gasteiger charge is 2.31. The lowest BCUT2D eigenvalue weighted by atomic mass is 10.1. The van der Waals surface area contributed by atoms with E-state index in [1.807, 2.05) is 12.1 Å². The van der Waals surface area contributed by atoms with Gasteiger partial charge in [0.25, 0.3) is 0 Å². The van der Waals surface area contributed by atoms with Crippen molar-refractivity contribution in [3.63, 3.8) is 0 Å². The van der Waals surface area contributed by atoms with E-state index in [-0.39, 0.29) is 25.0 Å². The van der Waals surface area contributed by atoms with E-state index in [0.717, 1.165) is 25.0 Å². The van der Waals surface area contributed by atoms with E-state index in [1.54, 1.807) is 24.3 Å². The Morgan fingerprint density at radius 1 is 1.00 bits per heavy atom. The average Bonchev–Trinajstić information content (AvgIpc) is 3.21. The first-order valence-corrected chi connectivity index (χ1v) is 10.7. The van der Waals surface area contributed by atoms with Crippen LogP contribution in [0.25, 0.3) is 0 Å². The Bertz CT molecular complexity index is 1120. The van der Waals surface area contributed by atoms with Crippen molar-refractivity contribution < 1.29 is 27.4 Å². The van der Waals surface area contributed by atoms with E-state index in [2.05, 4.69) is 22.2 Å². The van der Waals surface area contributed by atoms with E-state index in [9.17, 15) is 18.0 Å². The minimum absolute atomic E-state index is 0.0807. The number of ether oxygens (including phenoxy) is 2. The molecule has 33 heavy (non-hydrogen) atoms. The molecule has 0 aliphatic heterocycles. The Kier molecular flexibility index (Phi) is 6.70. The van der Waals surface area contributed by atoms with Gasteiger partial charge in [-0.15, -0.1) is 0 Å². The largest absolute Gasteiger partial charge is 0.469 e. The lowest BCUT2D eigenvalue weighted by Crippen LogP contribution is -2.29. The van der Waals surface area contributed by atoms with Crippen LogP contribution in [0.3, 0.4) is 0 Å². The number of benzene rings is 3. The van der Waals surface area contributed by atoms with Gasteiger partial charge < -0.3 is 14.8 Å². The van der Waals surface area contributed by atoms with Gasteiger partial charge in [0.05, 0.1) is 19.1 Å². The Labute approximate surface area is 190 Å². The summed E-state index contributed by atoms with van der Waals surface area (Å²) >= 11 is 0. The van der Waals surface area contributed by atoms with E-state index in [4.69, 9.17) is 4.74 Å². The second-order valence-electron chi connectivity index (χ2n) is 8.08. The summed E-state index contributed by atoms with van der Waals surface area (Å²) in [6.07, 6.45) is -2.70. The highest BCUT2D eigenvalue weighted by Crippen LogP contribution is 2.34. The molecule has 172 valence electrons. The van der Waals surface area contributed by atoms with Gasteiger partial charge in [0.2, 0.25) is 0 Å². The SMILES string of the molecule is COC(=O)Cc1cccc(Oc2ccc(C(F)(F)F)cc2CNC2Cc3ccccc3C2)c1. The molecule has 0 heterocycles. The first-order valence-electron chi connectivity index (χ1n) is 10.7. The van der Waals surface area contributed by atoms with E-state index in [1.165, 1.54) is 24.3 Å². The molecule has 0 amide bonds. The third-order valence-corrected chi connectivity index (χ3v) is 5.72. The highest BCUT2D eigenvalue weighted by molar-refractivity contribution is 5.72. The summed E-state index contributed by atoms with van der Waals surface area (Å²) in [6.45, 7) is 0.236. The van der Waals surface area contributed by atoms with Gasteiger partial charge in [-0.3, -0.25) is 4.79 Å². The number of carbonyl (C=O) groups excluding carboxylic acids is 1. The molecule has 0 bridgehead atoms. The van der Waals surface area contributed by atoms with Crippen LogP contribution in [-0.2, 0) is 41.5 Å². The third kappa shape index (κ3) is 5.73. The van der Waals surface area contributed by atoms with Crippen molar-refractivity contribution in [3.8, 4) is 11.5 Å². The van der Waals surface area contributed by atoms with Gasteiger partial charge in [0.15, 0.2) is 0 Å². The number of carbonyl (C=O) groups is 1. The second kappa shape index (κ2) is 9.67. The zero-order valence-electron chi connectivity index (χ0n) is 18.1. The number of alkyl halides is 3. The Morgan fingerprint density at radius 3 is 2.39 bits per heavy atom. The Hall–Kier alpha value is -3.32. The number of rotatable bonds is 7. The molecule has 0 spiro atoms. The number of hydrogen-bond acceptors (Lipinski definition) is 4. The second-order valence-corrected chi connectivity index (χ2v) is 8.08. The number of esters is 1. The maximum absolute atomic E-state index is 13.3. The van der Waals surface area contributed by atoms with Crippen molar-refractivity contribution in [1.82, 2.24) is 5.32 Å². The van der Waals surface area contributed by atoms with Crippen LogP contribution in [0, 0.1) is 0 Å². The molecule has 0 saturated carbocycles. The zero-order valence-corrected chi connectivity index (χ0v) is 18.1. The van der Waals surface area contributed by atoms with Crippen molar-refractivity contribution in [2.75, 3.05) is 7.11 Å². The molecular weight excluding hydrogens is 431 g/mol. The van der Waals surface area contributed by atoms with Crippen LogP contribution in [-0.4, -0.2) is 19.1 Å². The van der Waals surface area contributed by atoms with Gasteiger partial charge in [-0.25, -0.2) is 0 Å². The maximum atomic E-state index is 13.3. The number of nitrogens with one attached hydrogen (secondary N) is 1. The quantitative estimate of drug-likeness (QED) is 0.480. The Morgan fingerprint density at radius 2 is 1.73 bits per heavy atom. The molecular formula is C26H24F3NO3. The van der Waals surface area contributed by atoms with Crippen LogP contribution in [0.5, 0.6) is 11.5 Å². The van der Waals surface area contributed by atoms with Gasteiger partial charge >= 0.3 is 12.1 Å². The fraction of sp³-hybridized carbons (Fsp3) is 0.269. The summed E-state index contributed by atoms with van der Waals surface area (Å²) in [6, 6.07) is 18.6. The molecule has 3 aromatic rings. The number of hydrogen-bond donors (Lipinski definition) is 1.